The Kier molecular flexibility index (Phi) is 10.9. The van der Waals surface area contributed by atoms with Crippen LogP contribution in [0.2, 0.25) is 0 Å². The highest BCUT2D eigenvalue weighted by Crippen LogP contribution is 2.33. The van der Waals surface area contributed by atoms with Crippen molar-refractivity contribution in [2.24, 2.45) is 0 Å². The molecular weight excluding hydrogens is 564 g/mol. The second-order valence-electron chi connectivity index (χ2n) is 9.61. The zero-order chi connectivity index (χ0) is 28.2. The van der Waals surface area contributed by atoms with E-state index in [9.17, 15) is 13.2 Å². The van der Waals surface area contributed by atoms with Crippen LogP contribution in [0.15, 0.2) is 71.6 Å². The van der Waals surface area contributed by atoms with Crippen LogP contribution in [0.4, 0.5) is 5.13 Å². The number of hydrogen-bond acceptors (Lipinski definition) is 6. The van der Waals surface area contributed by atoms with Gasteiger partial charge in [0.1, 0.15) is 0 Å². The molecule has 7 nitrogen and oxygen atoms in total. The molecule has 0 N–H and O–H groups in total. The van der Waals surface area contributed by atoms with Crippen molar-refractivity contribution < 1.29 is 13.2 Å². The maximum Gasteiger partial charge on any atom is 0.260 e. The van der Waals surface area contributed by atoms with Gasteiger partial charge in [-0.25, -0.2) is 13.4 Å². The van der Waals surface area contributed by atoms with E-state index >= 15 is 0 Å². The summed E-state index contributed by atoms with van der Waals surface area (Å²) in [6.45, 7) is 11.6. The number of halogens is 1. The molecule has 40 heavy (non-hydrogen) atoms. The summed E-state index contributed by atoms with van der Waals surface area (Å²) >= 11 is 1.50. The van der Waals surface area contributed by atoms with Crippen LogP contribution in [-0.4, -0.2) is 61.7 Å². The minimum absolute atomic E-state index is 0. The number of hydrogen-bond donors (Lipinski definition) is 0. The van der Waals surface area contributed by atoms with E-state index in [0.29, 0.717) is 23.8 Å². The summed E-state index contributed by atoms with van der Waals surface area (Å²) in [6, 6.07) is 19.8. The number of carbonyl (C=O) groups excluding carboxylic acids is 1. The van der Waals surface area contributed by atoms with E-state index in [-0.39, 0.29) is 29.8 Å². The number of fused-ring (bicyclic) bond motifs is 1. The average molecular weight is 601 g/mol. The normalized spacial score (nSPS) is 11.7. The Morgan fingerprint density at radius 3 is 2.17 bits per heavy atom. The summed E-state index contributed by atoms with van der Waals surface area (Å²) in [5.41, 5.74) is 4.51. The highest BCUT2D eigenvalue weighted by Gasteiger charge is 2.25. The third-order valence-electron chi connectivity index (χ3n) is 7.14. The predicted molar refractivity (Wildman–Crippen MR) is 167 cm³/mol. The zero-order valence-electron chi connectivity index (χ0n) is 23.6. The Hall–Kier alpha value is -2.82. The first-order chi connectivity index (χ1) is 18.6. The van der Waals surface area contributed by atoms with Crippen LogP contribution in [0.5, 0.6) is 0 Å². The van der Waals surface area contributed by atoms with Crippen LogP contribution >= 0.6 is 23.7 Å². The topological polar surface area (TPSA) is 73.8 Å². The SMILES string of the molecule is CCN(CC)CCN(C(=O)c1ccc(S(=O)(=O)N(C)Cc2ccccc2)cc1)c1nc2c(C)c(C)ccc2s1.Cl. The first kappa shape index (κ1) is 31.7. The summed E-state index contributed by atoms with van der Waals surface area (Å²) in [5.74, 6) is -0.197. The molecule has 1 aromatic heterocycles. The second kappa shape index (κ2) is 13.7. The number of carbonyl (C=O) groups is 1. The second-order valence-corrected chi connectivity index (χ2v) is 12.7. The summed E-state index contributed by atoms with van der Waals surface area (Å²) in [5, 5.41) is 0.648. The standard InChI is InChI=1S/C30H36N4O3S2.ClH/c1-6-33(7-2)19-20-34(30-31-28-23(4)22(3)13-18-27(28)38-30)29(35)25-14-16-26(17-15-25)39(36,37)32(5)21-24-11-9-8-10-12-24;/h8-18H,6-7,19-21H2,1-5H3;1H. The summed E-state index contributed by atoms with van der Waals surface area (Å²) < 4.78 is 28.7. The number of sulfonamides is 1. The monoisotopic (exact) mass is 600 g/mol. The lowest BCUT2D eigenvalue weighted by atomic mass is 10.1. The molecule has 3 aromatic carbocycles. The van der Waals surface area contributed by atoms with Gasteiger partial charge < -0.3 is 4.90 Å². The minimum atomic E-state index is -3.72. The van der Waals surface area contributed by atoms with Gasteiger partial charge in [0.05, 0.1) is 15.1 Å². The summed E-state index contributed by atoms with van der Waals surface area (Å²) in [6.07, 6.45) is 0. The Morgan fingerprint density at radius 1 is 0.900 bits per heavy atom. The van der Waals surface area contributed by atoms with E-state index < -0.39 is 10.0 Å². The van der Waals surface area contributed by atoms with Crippen molar-refractivity contribution in [2.45, 2.75) is 39.1 Å². The van der Waals surface area contributed by atoms with Crippen molar-refractivity contribution in [2.75, 3.05) is 38.1 Å². The number of rotatable bonds is 11. The van der Waals surface area contributed by atoms with Gasteiger partial charge >= 0.3 is 0 Å². The summed E-state index contributed by atoms with van der Waals surface area (Å²) in [7, 11) is -2.15. The molecule has 4 aromatic rings. The minimum Gasteiger partial charge on any atom is -0.302 e. The van der Waals surface area contributed by atoms with Crippen molar-refractivity contribution in [3.8, 4) is 0 Å². The van der Waals surface area contributed by atoms with Gasteiger partial charge in [-0.05, 0) is 74.0 Å². The molecule has 10 heteroatoms. The average Bonchev–Trinajstić information content (AvgIpc) is 3.38. The molecule has 0 radical (unpaired) electrons. The van der Waals surface area contributed by atoms with Gasteiger partial charge in [0.25, 0.3) is 5.91 Å². The molecule has 0 saturated heterocycles. The third-order valence-corrected chi connectivity index (χ3v) is 10.0. The molecule has 0 atom stereocenters. The van der Waals surface area contributed by atoms with Gasteiger partial charge in [-0.2, -0.15) is 4.31 Å². The van der Waals surface area contributed by atoms with E-state index in [1.165, 1.54) is 27.8 Å². The molecule has 0 spiro atoms. The Labute approximate surface area is 247 Å². The van der Waals surface area contributed by atoms with Crippen LogP contribution < -0.4 is 4.90 Å². The fraction of sp³-hybridized carbons (Fsp3) is 0.333. The third kappa shape index (κ3) is 6.90. The fourth-order valence-electron chi connectivity index (χ4n) is 4.43. The fourth-order valence-corrected chi connectivity index (χ4v) is 6.63. The highest BCUT2D eigenvalue weighted by atomic mass is 35.5. The van der Waals surface area contributed by atoms with Crippen LogP contribution in [-0.2, 0) is 16.6 Å². The Balaban J connectivity index is 0.00000441. The van der Waals surface area contributed by atoms with Gasteiger partial charge in [-0.3, -0.25) is 9.69 Å². The number of nitrogens with zero attached hydrogens (tertiary/aromatic N) is 4. The number of benzene rings is 3. The number of thiazole rings is 1. The lowest BCUT2D eigenvalue weighted by Crippen LogP contribution is -2.38. The molecule has 0 aliphatic carbocycles. The quantitative estimate of drug-likeness (QED) is 0.207. The lowest BCUT2D eigenvalue weighted by molar-refractivity contribution is 0.0983. The first-order valence-corrected chi connectivity index (χ1v) is 15.4. The molecule has 4 rings (SSSR count). The highest BCUT2D eigenvalue weighted by molar-refractivity contribution is 7.89. The molecule has 0 fully saturated rings. The number of likely N-dealkylation sites (N-methyl/N-ethyl adjacent to an activating group) is 1. The number of anilines is 1. The molecule has 214 valence electrons. The van der Waals surface area contributed by atoms with Crippen LogP contribution in [0.1, 0.15) is 40.9 Å². The van der Waals surface area contributed by atoms with E-state index in [2.05, 4.69) is 44.7 Å². The van der Waals surface area contributed by atoms with Crippen LogP contribution in [0.3, 0.4) is 0 Å². The summed E-state index contributed by atoms with van der Waals surface area (Å²) in [4.78, 5) is 22.8. The van der Waals surface area contributed by atoms with E-state index in [1.54, 1.807) is 24.1 Å². The van der Waals surface area contributed by atoms with Gasteiger partial charge in [0.15, 0.2) is 5.13 Å². The predicted octanol–water partition coefficient (Wildman–Crippen LogP) is 6.14. The van der Waals surface area contributed by atoms with Crippen molar-refractivity contribution in [3.05, 3.63) is 89.0 Å². The Morgan fingerprint density at radius 2 is 1.55 bits per heavy atom. The largest absolute Gasteiger partial charge is 0.302 e. The smallest absolute Gasteiger partial charge is 0.260 e. The molecular formula is C30H37ClN4O3S2. The van der Waals surface area contributed by atoms with Gasteiger partial charge in [0.2, 0.25) is 10.0 Å². The Bertz CT molecular complexity index is 1540. The molecule has 1 amide bonds. The van der Waals surface area contributed by atoms with Crippen LogP contribution in [0, 0.1) is 13.8 Å². The van der Waals surface area contributed by atoms with Gasteiger partial charge in [-0.1, -0.05) is 61.6 Å². The number of amides is 1. The molecule has 0 aliphatic heterocycles. The van der Waals surface area contributed by atoms with Gasteiger partial charge in [-0.15, -0.1) is 12.4 Å². The van der Waals surface area contributed by atoms with Crippen molar-refractivity contribution in [3.63, 3.8) is 0 Å². The number of aryl methyl sites for hydroxylation is 2. The van der Waals surface area contributed by atoms with E-state index in [0.717, 1.165) is 40.0 Å². The molecule has 0 bridgehead atoms. The zero-order valence-corrected chi connectivity index (χ0v) is 26.1. The van der Waals surface area contributed by atoms with Crippen molar-refractivity contribution in [1.82, 2.24) is 14.2 Å². The van der Waals surface area contributed by atoms with E-state index in [4.69, 9.17) is 4.98 Å². The molecule has 0 unspecified atom stereocenters. The lowest BCUT2D eigenvalue weighted by Gasteiger charge is -2.25. The van der Waals surface area contributed by atoms with Crippen molar-refractivity contribution >= 4 is 55.0 Å². The maximum absolute atomic E-state index is 13.8. The van der Waals surface area contributed by atoms with Gasteiger partial charge in [0, 0.05) is 32.2 Å². The molecule has 1 heterocycles. The van der Waals surface area contributed by atoms with Crippen molar-refractivity contribution in [1.29, 1.82) is 0 Å². The first-order valence-electron chi connectivity index (χ1n) is 13.2. The number of aromatic nitrogens is 1. The van der Waals surface area contributed by atoms with Crippen LogP contribution in [0.25, 0.3) is 10.2 Å². The maximum atomic E-state index is 13.8. The molecule has 0 aliphatic rings. The van der Waals surface area contributed by atoms with E-state index in [1.807, 2.05) is 30.3 Å². The molecule has 0 saturated carbocycles.